The summed E-state index contributed by atoms with van der Waals surface area (Å²) < 4.78 is 5.43. The molecule has 0 radical (unpaired) electrons. The zero-order valence-corrected chi connectivity index (χ0v) is 12.7. The number of methoxy groups -OCH3 is 1. The first-order chi connectivity index (χ1) is 10.1. The number of carboxylic acid groups (broad SMARTS) is 1. The zero-order chi connectivity index (χ0) is 15.2. The number of likely N-dealkylation sites (tertiary alicyclic amines) is 1. The van der Waals surface area contributed by atoms with Gasteiger partial charge in [-0.3, -0.25) is 4.90 Å². The van der Waals surface area contributed by atoms with Crippen LogP contribution in [-0.4, -0.2) is 36.2 Å². The SMILES string of the molecule is COc1ccc(/C=C/C(=O)O)cc1CN1CCC[C@H](C)C1. The minimum atomic E-state index is -0.933. The van der Waals surface area contributed by atoms with Gasteiger partial charge in [0.2, 0.25) is 0 Å². The quantitative estimate of drug-likeness (QED) is 0.847. The van der Waals surface area contributed by atoms with Crippen molar-refractivity contribution in [3.05, 3.63) is 35.4 Å². The maximum atomic E-state index is 10.6. The van der Waals surface area contributed by atoms with Crippen LogP contribution in [0, 0.1) is 5.92 Å². The van der Waals surface area contributed by atoms with Gasteiger partial charge in [-0.15, -0.1) is 0 Å². The number of hydrogen-bond donors (Lipinski definition) is 1. The fourth-order valence-corrected chi connectivity index (χ4v) is 2.86. The average molecular weight is 289 g/mol. The van der Waals surface area contributed by atoms with Crippen LogP contribution < -0.4 is 4.74 Å². The van der Waals surface area contributed by atoms with Gasteiger partial charge in [0.1, 0.15) is 5.75 Å². The molecule has 4 heteroatoms. The number of ether oxygens (including phenoxy) is 1. The lowest BCUT2D eigenvalue weighted by molar-refractivity contribution is -0.131. The lowest BCUT2D eigenvalue weighted by Gasteiger charge is -2.31. The lowest BCUT2D eigenvalue weighted by atomic mass is 9.99. The molecule has 1 aliphatic heterocycles. The van der Waals surface area contributed by atoms with Crippen molar-refractivity contribution in [1.82, 2.24) is 4.90 Å². The molecule has 1 saturated heterocycles. The van der Waals surface area contributed by atoms with Crippen molar-refractivity contribution in [3.8, 4) is 5.75 Å². The molecule has 0 aliphatic carbocycles. The van der Waals surface area contributed by atoms with Crippen LogP contribution in [0.4, 0.5) is 0 Å². The highest BCUT2D eigenvalue weighted by Gasteiger charge is 2.17. The van der Waals surface area contributed by atoms with E-state index in [1.54, 1.807) is 13.2 Å². The van der Waals surface area contributed by atoms with Crippen molar-refractivity contribution < 1.29 is 14.6 Å². The molecule has 1 aromatic carbocycles. The van der Waals surface area contributed by atoms with Gasteiger partial charge >= 0.3 is 5.97 Å². The van der Waals surface area contributed by atoms with Crippen LogP contribution in [0.15, 0.2) is 24.3 Å². The van der Waals surface area contributed by atoms with E-state index < -0.39 is 5.97 Å². The van der Waals surface area contributed by atoms with Gasteiger partial charge in [0, 0.05) is 24.7 Å². The van der Waals surface area contributed by atoms with Crippen LogP contribution in [0.3, 0.4) is 0 Å². The molecule has 21 heavy (non-hydrogen) atoms. The Morgan fingerprint density at radius 3 is 3.00 bits per heavy atom. The topological polar surface area (TPSA) is 49.8 Å². The van der Waals surface area contributed by atoms with Crippen molar-refractivity contribution in [2.75, 3.05) is 20.2 Å². The number of nitrogens with zero attached hydrogens (tertiary/aromatic N) is 1. The number of carboxylic acids is 1. The monoisotopic (exact) mass is 289 g/mol. The Bertz CT molecular complexity index is 525. The zero-order valence-electron chi connectivity index (χ0n) is 12.7. The summed E-state index contributed by atoms with van der Waals surface area (Å²) in [6.45, 7) is 5.36. The summed E-state index contributed by atoms with van der Waals surface area (Å²) in [5.41, 5.74) is 2.00. The molecule has 2 rings (SSSR count). The molecule has 0 aromatic heterocycles. The number of rotatable bonds is 5. The number of hydrogen-bond acceptors (Lipinski definition) is 3. The van der Waals surface area contributed by atoms with Gasteiger partial charge in [-0.2, -0.15) is 0 Å². The van der Waals surface area contributed by atoms with Crippen LogP contribution in [0.2, 0.25) is 0 Å². The number of aliphatic carboxylic acids is 1. The van der Waals surface area contributed by atoms with E-state index in [0.29, 0.717) is 0 Å². The van der Waals surface area contributed by atoms with Crippen molar-refractivity contribution in [3.63, 3.8) is 0 Å². The highest BCUT2D eigenvalue weighted by molar-refractivity contribution is 5.85. The normalized spacial score (nSPS) is 19.8. The third kappa shape index (κ3) is 4.60. The van der Waals surface area contributed by atoms with Crippen LogP contribution >= 0.6 is 0 Å². The van der Waals surface area contributed by atoms with Gasteiger partial charge < -0.3 is 9.84 Å². The molecule has 0 amide bonds. The smallest absolute Gasteiger partial charge is 0.328 e. The van der Waals surface area contributed by atoms with E-state index in [9.17, 15) is 4.79 Å². The van der Waals surface area contributed by atoms with Gasteiger partial charge in [0.15, 0.2) is 0 Å². The van der Waals surface area contributed by atoms with Gasteiger partial charge in [0.05, 0.1) is 7.11 Å². The summed E-state index contributed by atoms with van der Waals surface area (Å²) in [5.74, 6) is 0.665. The molecular formula is C17H23NO3. The minimum absolute atomic E-state index is 0.736. The maximum Gasteiger partial charge on any atom is 0.328 e. The Kier molecular flexibility index (Phi) is 5.39. The maximum absolute atomic E-state index is 10.6. The summed E-state index contributed by atoms with van der Waals surface area (Å²) >= 11 is 0. The first-order valence-electron chi connectivity index (χ1n) is 7.38. The largest absolute Gasteiger partial charge is 0.496 e. The van der Waals surface area contributed by atoms with E-state index in [0.717, 1.165) is 48.5 Å². The van der Waals surface area contributed by atoms with E-state index in [-0.39, 0.29) is 0 Å². The molecule has 1 fully saturated rings. The summed E-state index contributed by atoms with van der Waals surface area (Å²) in [4.78, 5) is 13.1. The summed E-state index contributed by atoms with van der Waals surface area (Å²) in [7, 11) is 1.67. The molecule has 4 nitrogen and oxygen atoms in total. The second-order valence-electron chi connectivity index (χ2n) is 5.73. The average Bonchev–Trinajstić information content (AvgIpc) is 2.45. The van der Waals surface area contributed by atoms with E-state index in [2.05, 4.69) is 11.8 Å². The van der Waals surface area contributed by atoms with E-state index in [4.69, 9.17) is 9.84 Å². The molecule has 0 spiro atoms. The predicted molar refractivity (Wildman–Crippen MR) is 83.3 cm³/mol. The van der Waals surface area contributed by atoms with Crippen molar-refractivity contribution in [2.24, 2.45) is 5.92 Å². The fraction of sp³-hybridized carbons (Fsp3) is 0.471. The number of benzene rings is 1. The molecular weight excluding hydrogens is 266 g/mol. The molecule has 1 aliphatic rings. The number of piperidine rings is 1. The Morgan fingerprint density at radius 1 is 1.52 bits per heavy atom. The van der Waals surface area contributed by atoms with E-state index in [1.807, 2.05) is 18.2 Å². The van der Waals surface area contributed by atoms with Crippen LogP contribution in [0.25, 0.3) is 6.08 Å². The number of carbonyl (C=O) groups is 1. The van der Waals surface area contributed by atoms with Crippen molar-refractivity contribution >= 4 is 12.0 Å². The molecule has 0 unspecified atom stereocenters. The predicted octanol–water partition coefficient (Wildman–Crippen LogP) is 3.02. The Morgan fingerprint density at radius 2 is 2.33 bits per heavy atom. The second-order valence-corrected chi connectivity index (χ2v) is 5.73. The van der Waals surface area contributed by atoms with Crippen molar-refractivity contribution in [2.45, 2.75) is 26.3 Å². The molecule has 0 bridgehead atoms. The van der Waals surface area contributed by atoms with Gasteiger partial charge in [-0.25, -0.2) is 4.79 Å². The molecule has 1 heterocycles. The van der Waals surface area contributed by atoms with Crippen LogP contribution in [0.5, 0.6) is 5.75 Å². The molecule has 1 N–H and O–H groups in total. The summed E-state index contributed by atoms with van der Waals surface area (Å²) in [6.07, 6.45) is 5.32. The van der Waals surface area contributed by atoms with Gasteiger partial charge in [-0.1, -0.05) is 13.0 Å². The highest BCUT2D eigenvalue weighted by atomic mass is 16.5. The first kappa shape index (κ1) is 15.6. The first-order valence-corrected chi connectivity index (χ1v) is 7.38. The van der Waals surface area contributed by atoms with Gasteiger partial charge in [-0.05, 0) is 49.1 Å². The van der Waals surface area contributed by atoms with Gasteiger partial charge in [0.25, 0.3) is 0 Å². The molecule has 0 saturated carbocycles. The standard InChI is InChI=1S/C17H23NO3/c1-13-4-3-9-18(11-13)12-15-10-14(6-8-17(19)20)5-7-16(15)21-2/h5-8,10,13H,3-4,9,11-12H2,1-2H3,(H,19,20)/b8-6+/t13-/m0/s1. The fourth-order valence-electron chi connectivity index (χ4n) is 2.86. The van der Waals surface area contributed by atoms with Crippen LogP contribution in [-0.2, 0) is 11.3 Å². The second kappa shape index (κ2) is 7.27. The molecule has 1 aromatic rings. The third-order valence-corrected chi connectivity index (χ3v) is 3.86. The Labute approximate surface area is 126 Å². The summed E-state index contributed by atoms with van der Waals surface area (Å²) in [5, 5.41) is 8.72. The van der Waals surface area contributed by atoms with Crippen molar-refractivity contribution in [1.29, 1.82) is 0 Å². The Balaban J connectivity index is 2.15. The van der Waals surface area contributed by atoms with E-state index >= 15 is 0 Å². The molecule has 114 valence electrons. The lowest BCUT2D eigenvalue weighted by Crippen LogP contribution is -2.33. The van der Waals surface area contributed by atoms with Crippen LogP contribution in [0.1, 0.15) is 30.9 Å². The summed E-state index contributed by atoms with van der Waals surface area (Å²) in [6, 6.07) is 5.79. The Hall–Kier alpha value is -1.81. The van der Waals surface area contributed by atoms with E-state index in [1.165, 1.54) is 12.8 Å². The highest BCUT2D eigenvalue weighted by Crippen LogP contribution is 2.25. The molecule has 1 atom stereocenters. The minimum Gasteiger partial charge on any atom is -0.496 e. The third-order valence-electron chi connectivity index (χ3n) is 3.86.